The highest BCUT2D eigenvalue weighted by atomic mass is 16.5. The highest BCUT2D eigenvalue weighted by Crippen LogP contribution is 2.29. The molecule has 3 rings (SSSR count). The first kappa shape index (κ1) is 21.4. The van der Waals surface area contributed by atoms with Gasteiger partial charge in [0.25, 0.3) is 0 Å². The van der Waals surface area contributed by atoms with Crippen molar-refractivity contribution in [2.45, 2.75) is 26.7 Å². The van der Waals surface area contributed by atoms with Crippen LogP contribution in [0.4, 0.5) is 11.4 Å². The van der Waals surface area contributed by atoms with Crippen molar-refractivity contribution in [1.82, 2.24) is 0 Å². The van der Waals surface area contributed by atoms with Crippen molar-refractivity contribution in [3.05, 3.63) is 54.1 Å². The Morgan fingerprint density at radius 2 is 1.93 bits per heavy atom. The summed E-state index contributed by atoms with van der Waals surface area (Å²) in [4.78, 5) is 25.9. The lowest BCUT2D eigenvalue weighted by molar-refractivity contribution is -0.117. The first-order valence-corrected chi connectivity index (χ1v) is 10.2. The minimum Gasteiger partial charge on any atom is -0.493 e. The van der Waals surface area contributed by atoms with Crippen LogP contribution in [0.5, 0.6) is 11.5 Å². The number of amides is 2. The molecule has 0 aromatic heterocycles. The monoisotopic (exact) mass is 408 g/mol. The molecule has 30 heavy (non-hydrogen) atoms. The van der Waals surface area contributed by atoms with E-state index in [9.17, 15) is 9.59 Å². The van der Waals surface area contributed by atoms with Gasteiger partial charge in [-0.15, -0.1) is 0 Å². The zero-order valence-corrected chi connectivity index (χ0v) is 17.7. The number of nitrogens with one attached hydrogen (secondary N) is 1. The molecule has 2 aromatic carbocycles. The fourth-order valence-corrected chi connectivity index (χ4v) is 3.17. The summed E-state index contributed by atoms with van der Waals surface area (Å²) in [5.74, 6) is 1.64. The molecule has 1 aliphatic rings. The molecule has 158 valence electrons. The van der Waals surface area contributed by atoms with Crippen molar-refractivity contribution in [2.75, 3.05) is 30.5 Å². The molecule has 2 amide bonds. The summed E-state index contributed by atoms with van der Waals surface area (Å²) in [6.45, 7) is 5.53. The summed E-state index contributed by atoms with van der Waals surface area (Å²) >= 11 is 0. The van der Waals surface area contributed by atoms with Gasteiger partial charge in [0.15, 0.2) is 11.5 Å². The van der Waals surface area contributed by atoms with Gasteiger partial charge < -0.3 is 19.7 Å². The standard InChI is InChI=1S/C24H28N2O4/c1-17(2)16-30-21-12-6-18(15-22(21)29-3)7-13-23(27)25-19-8-10-20(11-9-19)26-14-4-5-24(26)28/h6-13,15,17H,4-5,14,16H2,1-3H3,(H,25,27)/b13-7+. The summed E-state index contributed by atoms with van der Waals surface area (Å²) in [5, 5.41) is 2.83. The second-order valence-electron chi connectivity index (χ2n) is 7.63. The average Bonchev–Trinajstić information content (AvgIpc) is 3.17. The molecule has 1 heterocycles. The predicted octanol–water partition coefficient (Wildman–Crippen LogP) is 4.51. The minimum absolute atomic E-state index is 0.144. The average molecular weight is 408 g/mol. The van der Waals surface area contributed by atoms with Gasteiger partial charge in [-0.25, -0.2) is 0 Å². The molecule has 0 saturated carbocycles. The Balaban J connectivity index is 1.59. The van der Waals surface area contributed by atoms with Crippen molar-refractivity contribution in [1.29, 1.82) is 0 Å². The van der Waals surface area contributed by atoms with Gasteiger partial charge in [0.2, 0.25) is 11.8 Å². The molecular weight excluding hydrogens is 380 g/mol. The third-order valence-corrected chi connectivity index (χ3v) is 4.71. The van der Waals surface area contributed by atoms with Crippen LogP contribution in [0.1, 0.15) is 32.3 Å². The van der Waals surface area contributed by atoms with Crippen molar-refractivity contribution >= 4 is 29.3 Å². The number of ether oxygens (including phenoxy) is 2. The van der Waals surface area contributed by atoms with E-state index in [0.717, 1.165) is 24.2 Å². The molecule has 1 aliphatic heterocycles. The van der Waals surface area contributed by atoms with Crippen molar-refractivity contribution in [3.8, 4) is 11.5 Å². The molecule has 0 atom stereocenters. The molecule has 1 fully saturated rings. The number of hydrogen-bond donors (Lipinski definition) is 1. The van der Waals surface area contributed by atoms with E-state index < -0.39 is 0 Å². The van der Waals surface area contributed by atoms with Crippen LogP contribution in [0, 0.1) is 5.92 Å². The number of methoxy groups -OCH3 is 1. The summed E-state index contributed by atoms with van der Waals surface area (Å²) in [7, 11) is 1.59. The summed E-state index contributed by atoms with van der Waals surface area (Å²) in [6, 6.07) is 12.9. The molecule has 0 aliphatic carbocycles. The number of anilines is 2. The van der Waals surface area contributed by atoms with Crippen LogP contribution in [-0.4, -0.2) is 32.1 Å². The summed E-state index contributed by atoms with van der Waals surface area (Å²) in [5.41, 5.74) is 2.37. The second kappa shape index (κ2) is 9.96. The van der Waals surface area contributed by atoms with E-state index in [4.69, 9.17) is 9.47 Å². The normalized spacial score (nSPS) is 13.9. The Labute approximate surface area is 177 Å². The van der Waals surface area contributed by atoms with Gasteiger partial charge in [0, 0.05) is 30.4 Å². The van der Waals surface area contributed by atoms with Gasteiger partial charge in [0.1, 0.15) is 0 Å². The molecule has 6 heteroatoms. The van der Waals surface area contributed by atoms with Crippen LogP contribution >= 0.6 is 0 Å². The number of hydrogen-bond acceptors (Lipinski definition) is 4. The van der Waals surface area contributed by atoms with Crippen molar-refractivity contribution in [3.63, 3.8) is 0 Å². The molecule has 6 nitrogen and oxygen atoms in total. The topological polar surface area (TPSA) is 67.9 Å². The van der Waals surface area contributed by atoms with Crippen LogP contribution in [0.3, 0.4) is 0 Å². The van der Waals surface area contributed by atoms with E-state index in [1.807, 2.05) is 30.3 Å². The van der Waals surface area contributed by atoms with E-state index in [2.05, 4.69) is 19.2 Å². The highest BCUT2D eigenvalue weighted by Gasteiger charge is 2.21. The van der Waals surface area contributed by atoms with Gasteiger partial charge in [-0.05, 0) is 60.4 Å². The largest absolute Gasteiger partial charge is 0.493 e. The Hall–Kier alpha value is -3.28. The lowest BCUT2D eigenvalue weighted by Crippen LogP contribution is -2.23. The molecular formula is C24H28N2O4. The summed E-state index contributed by atoms with van der Waals surface area (Å²) < 4.78 is 11.1. The smallest absolute Gasteiger partial charge is 0.248 e. The highest BCUT2D eigenvalue weighted by molar-refractivity contribution is 6.02. The van der Waals surface area contributed by atoms with Gasteiger partial charge in [0.05, 0.1) is 13.7 Å². The molecule has 1 saturated heterocycles. The fourth-order valence-electron chi connectivity index (χ4n) is 3.17. The lowest BCUT2D eigenvalue weighted by atomic mass is 10.2. The maximum atomic E-state index is 12.3. The zero-order valence-electron chi connectivity index (χ0n) is 17.7. The Morgan fingerprint density at radius 1 is 1.17 bits per heavy atom. The minimum atomic E-state index is -0.237. The van der Waals surface area contributed by atoms with Crippen LogP contribution < -0.4 is 19.7 Å². The zero-order chi connectivity index (χ0) is 21.5. The third-order valence-electron chi connectivity index (χ3n) is 4.71. The molecule has 2 aromatic rings. The van der Waals surface area contributed by atoms with Crippen LogP contribution in [0.25, 0.3) is 6.08 Å². The van der Waals surface area contributed by atoms with E-state index >= 15 is 0 Å². The van der Waals surface area contributed by atoms with Crippen molar-refractivity contribution in [2.24, 2.45) is 5.92 Å². The molecule has 0 spiro atoms. The molecule has 0 unspecified atom stereocenters. The Bertz CT molecular complexity index is 919. The van der Waals surface area contributed by atoms with Gasteiger partial charge >= 0.3 is 0 Å². The van der Waals surface area contributed by atoms with E-state index in [1.54, 1.807) is 30.2 Å². The van der Waals surface area contributed by atoms with Gasteiger partial charge in [-0.3, -0.25) is 9.59 Å². The SMILES string of the molecule is COc1cc(/C=C/C(=O)Nc2ccc(N3CCCC3=O)cc2)ccc1OCC(C)C. The molecule has 0 bridgehead atoms. The van der Waals surface area contributed by atoms with E-state index in [0.29, 0.717) is 36.1 Å². The first-order chi connectivity index (χ1) is 14.5. The second-order valence-corrected chi connectivity index (χ2v) is 7.63. The predicted molar refractivity (Wildman–Crippen MR) is 119 cm³/mol. The number of carbonyl (C=O) groups is 2. The van der Waals surface area contributed by atoms with Crippen LogP contribution in [-0.2, 0) is 9.59 Å². The van der Waals surface area contributed by atoms with E-state index in [-0.39, 0.29) is 11.8 Å². The first-order valence-electron chi connectivity index (χ1n) is 10.2. The number of carbonyl (C=O) groups excluding carboxylic acids is 2. The van der Waals surface area contributed by atoms with Crippen LogP contribution in [0.15, 0.2) is 48.5 Å². The van der Waals surface area contributed by atoms with E-state index in [1.165, 1.54) is 6.08 Å². The third kappa shape index (κ3) is 5.63. The maximum Gasteiger partial charge on any atom is 0.248 e. The maximum absolute atomic E-state index is 12.3. The Morgan fingerprint density at radius 3 is 2.57 bits per heavy atom. The number of rotatable bonds is 8. The fraction of sp³-hybridized carbons (Fsp3) is 0.333. The Kier molecular flexibility index (Phi) is 7.12. The van der Waals surface area contributed by atoms with Crippen molar-refractivity contribution < 1.29 is 19.1 Å². The van der Waals surface area contributed by atoms with Gasteiger partial charge in [-0.1, -0.05) is 19.9 Å². The number of nitrogens with zero attached hydrogens (tertiary/aromatic N) is 1. The van der Waals surface area contributed by atoms with Gasteiger partial charge in [-0.2, -0.15) is 0 Å². The quantitative estimate of drug-likeness (QED) is 0.653. The number of benzene rings is 2. The lowest BCUT2D eigenvalue weighted by Gasteiger charge is -2.15. The molecule has 0 radical (unpaired) electrons. The molecule has 1 N–H and O–H groups in total. The van der Waals surface area contributed by atoms with Crippen LogP contribution in [0.2, 0.25) is 0 Å². The summed E-state index contributed by atoms with van der Waals surface area (Å²) in [6.07, 6.45) is 4.68.